The van der Waals surface area contributed by atoms with Crippen LogP contribution in [0.5, 0.6) is 0 Å². The van der Waals surface area contributed by atoms with Gasteiger partial charge in [-0.05, 0) is 26.0 Å². The Hall–Kier alpha value is -1.95. The Balaban J connectivity index is 2.26. The number of carboxylic acid groups (broad SMARTS) is 1. The maximum atomic E-state index is 11.0. The van der Waals surface area contributed by atoms with Crippen LogP contribution in [0.25, 0.3) is 0 Å². The van der Waals surface area contributed by atoms with E-state index in [0.29, 0.717) is 18.1 Å². The molecular weight excluding hydrogens is 262 g/mol. The molecule has 0 amide bonds. The summed E-state index contributed by atoms with van der Waals surface area (Å²) >= 11 is 1.59. The van der Waals surface area contributed by atoms with Crippen LogP contribution in [0.3, 0.4) is 0 Å². The molecule has 100 valence electrons. The van der Waals surface area contributed by atoms with Crippen molar-refractivity contribution >= 4 is 23.1 Å². The van der Waals surface area contributed by atoms with Crippen LogP contribution in [-0.4, -0.2) is 28.1 Å². The van der Waals surface area contributed by atoms with Gasteiger partial charge in [-0.1, -0.05) is 0 Å². The van der Waals surface area contributed by atoms with Crippen molar-refractivity contribution in [3.05, 3.63) is 39.5 Å². The summed E-state index contributed by atoms with van der Waals surface area (Å²) in [7, 11) is 1.90. The smallest absolute Gasteiger partial charge is 0.335 e. The topological polar surface area (TPSA) is 66.3 Å². The van der Waals surface area contributed by atoms with Crippen LogP contribution in [0.1, 0.15) is 26.6 Å². The fraction of sp³-hybridized carbons (Fsp3) is 0.308. The Morgan fingerprint density at radius 1 is 1.42 bits per heavy atom. The average Bonchev–Trinajstić information content (AvgIpc) is 2.74. The van der Waals surface area contributed by atoms with Gasteiger partial charge < -0.3 is 10.0 Å². The SMILES string of the molecule is Cc1cc(C(=O)O)cc(N(C)Cc2scnc2C)n1. The molecule has 6 heteroatoms. The van der Waals surface area contributed by atoms with E-state index in [0.717, 1.165) is 10.6 Å². The van der Waals surface area contributed by atoms with Crippen molar-refractivity contribution in [1.29, 1.82) is 0 Å². The van der Waals surface area contributed by atoms with E-state index in [1.165, 1.54) is 0 Å². The van der Waals surface area contributed by atoms with Crippen LogP contribution in [-0.2, 0) is 6.54 Å². The molecule has 5 nitrogen and oxygen atoms in total. The minimum Gasteiger partial charge on any atom is -0.478 e. The first-order valence-electron chi connectivity index (χ1n) is 5.79. The van der Waals surface area contributed by atoms with Crippen molar-refractivity contribution in [1.82, 2.24) is 9.97 Å². The van der Waals surface area contributed by atoms with E-state index in [9.17, 15) is 4.79 Å². The van der Waals surface area contributed by atoms with E-state index < -0.39 is 5.97 Å². The number of thiazole rings is 1. The third-order valence-electron chi connectivity index (χ3n) is 2.80. The van der Waals surface area contributed by atoms with Crippen molar-refractivity contribution in [2.75, 3.05) is 11.9 Å². The minimum absolute atomic E-state index is 0.260. The Morgan fingerprint density at radius 3 is 2.74 bits per heavy atom. The third-order valence-corrected chi connectivity index (χ3v) is 3.72. The first-order chi connectivity index (χ1) is 8.97. The normalized spacial score (nSPS) is 10.5. The fourth-order valence-electron chi connectivity index (χ4n) is 1.74. The highest BCUT2D eigenvalue weighted by Crippen LogP contribution is 2.19. The van der Waals surface area contributed by atoms with Gasteiger partial charge >= 0.3 is 5.97 Å². The molecule has 0 unspecified atom stereocenters. The Bertz CT molecular complexity index is 610. The van der Waals surface area contributed by atoms with Gasteiger partial charge in [0.15, 0.2) is 0 Å². The summed E-state index contributed by atoms with van der Waals surface area (Å²) in [5, 5.41) is 9.06. The van der Waals surface area contributed by atoms with Gasteiger partial charge in [0.05, 0.1) is 23.3 Å². The summed E-state index contributed by atoms with van der Waals surface area (Å²) in [6.07, 6.45) is 0. The quantitative estimate of drug-likeness (QED) is 0.930. The van der Waals surface area contributed by atoms with Crippen molar-refractivity contribution in [2.45, 2.75) is 20.4 Å². The standard InChI is InChI=1S/C13H15N3O2S/c1-8-4-10(13(17)18)5-12(15-8)16(3)6-11-9(2)14-7-19-11/h4-5,7H,6H2,1-3H3,(H,17,18). The summed E-state index contributed by atoms with van der Waals surface area (Å²) in [4.78, 5) is 22.7. The second-order valence-electron chi connectivity index (χ2n) is 4.38. The zero-order valence-corrected chi connectivity index (χ0v) is 11.9. The van der Waals surface area contributed by atoms with Crippen LogP contribution in [0.4, 0.5) is 5.82 Å². The fourth-order valence-corrected chi connectivity index (χ4v) is 2.57. The number of aryl methyl sites for hydroxylation is 2. The maximum absolute atomic E-state index is 11.0. The number of anilines is 1. The molecule has 0 aromatic carbocycles. The predicted molar refractivity (Wildman–Crippen MR) is 74.9 cm³/mol. The molecule has 0 spiro atoms. The molecule has 0 fully saturated rings. The average molecular weight is 277 g/mol. The number of carboxylic acids is 1. The lowest BCUT2D eigenvalue weighted by Gasteiger charge is -2.18. The number of rotatable bonds is 4. The van der Waals surface area contributed by atoms with Gasteiger partial charge in [0.1, 0.15) is 5.82 Å². The van der Waals surface area contributed by atoms with Gasteiger partial charge in [0.25, 0.3) is 0 Å². The molecule has 0 bridgehead atoms. The van der Waals surface area contributed by atoms with E-state index in [-0.39, 0.29) is 5.56 Å². The minimum atomic E-state index is -0.936. The maximum Gasteiger partial charge on any atom is 0.335 e. The van der Waals surface area contributed by atoms with Crippen molar-refractivity contribution in [2.24, 2.45) is 0 Å². The lowest BCUT2D eigenvalue weighted by Crippen LogP contribution is -2.18. The van der Waals surface area contributed by atoms with Crippen molar-refractivity contribution in [3.8, 4) is 0 Å². The van der Waals surface area contributed by atoms with Crippen LogP contribution in [0, 0.1) is 13.8 Å². The highest BCUT2D eigenvalue weighted by Gasteiger charge is 2.11. The van der Waals surface area contributed by atoms with Gasteiger partial charge in [0.2, 0.25) is 0 Å². The molecule has 2 aromatic rings. The van der Waals surface area contributed by atoms with Gasteiger partial charge in [-0.15, -0.1) is 11.3 Å². The van der Waals surface area contributed by atoms with Crippen molar-refractivity contribution in [3.63, 3.8) is 0 Å². The molecule has 0 radical (unpaired) electrons. The Labute approximate surface area is 115 Å². The molecule has 2 aromatic heterocycles. The molecule has 0 atom stereocenters. The van der Waals surface area contributed by atoms with E-state index >= 15 is 0 Å². The lowest BCUT2D eigenvalue weighted by molar-refractivity contribution is 0.0696. The number of aromatic carboxylic acids is 1. The predicted octanol–water partition coefficient (Wildman–Crippen LogP) is 2.49. The molecule has 0 saturated carbocycles. The lowest BCUT2D eigenvalue weighted by atomic mass is 10.2. The molecule has 2 rings (SSSR count). The highest BCUT2D eigenvalue weighted by atomic mass is 32.1. The molecule has 0 aliphatic heterocycles. The number of nitrogens with zero attached hydrogens (tertiary/aromatic N) is 3. The largest absolute Gasteiger partial charge is 0.478 e. The summed E-state index contributed by atoms with van der Waals surface area (Å²) in [5.74, 6) is -0.278. The van der Waals surface area contributed by atoms with Crippen molar-refractivity contribution < 1.29 is 9.90 Å². The second-order valence-corrected chi connectivity index (χ2v) is 5.32. The molecule has 0 aliphatic carbocycles. The van der Waals surface area contributed by atoms with Gasteiger partial charge in [-0.3, -0.25) is 0 Å². The Morgan fingerprint density at radius 2 is 2.16 bits per heavy atom. The molecule has 0 aliphatic rings. The number of hydrogen-bond acceptors (Lipinski definition) is 5. The van der Waals surface area contributed by atoms with Crippen LogP contribution >= 0.6 is 11.3 Å². The molecule has 1 N–H and O–H groups in total. The zero-order valence-electron chi connectivity index (χ0n) is 11.0. The second kappa shape index (κ2) is 5.36. The monoisotopic (exact) mass is 277 g/mol. The summed E-state index contributed by atoms with van der Waals surface area (Å²) in [6, 6.07) is 3.16. The number of pyridine rings is 1. The molecule has 2 heterocycles. The third kappa shape index (κ3) is 3.08. The molecular formula is C13H15N3O2S. The van der Waals surface area contributed by atoms with Crippen LogP contribution < -0.4 is 4.90 Å². The van der Waals surface area contributed by atoms with Gasteiger partial charge in [-0.2, -0.15) is 0 Å². The van der Waals surface area contributed by atoms with E-state index in [2.05, 4.69) is 9.97 Å². The summed E-state index contributed by atoms with van der Waals surface area (Å²) < 4.78 is 0. The van der Waals surface area contributed by atoms with E-state index in [1.54, 1.807) is 30.4 Å². The molecule has 0 saturated heterocycles. The summed E-state index contributed by atoms with van der Waals surface area (Å²) in [5.41, 5.74) is 3.77. The van der Waals surface area contributed by atoms with Crippen LogP contribution in [0.2, 0.25) is 0 Å². The number of hydrogen-bond donors (Lipinski definition) is 1. The van der Waals surface area contributed by atoms with Gasteiger partial charge in [0, 0.05) is 17.6 Å². The first-order valence-corrected chi connectivity index (χ1v) is 6.67. The zero-order chi connectivity index (χ0) is 14.0. The Kier molecular flexibility index (Phi) is 3.80. The number of aromatic nitrogens is 2. The first kappa shape index (κ1) is 13.5. The number of carbonyl (C=O) groups is 1. The molecule has 19 heavy (non-hydrogen) atoms. The highest BCUT2D eigenvalue weighted by molar-refractivity contribution is 7.09. The van der Waals surface area contributed by atoms with Gasteiger partial charge in [-0.25, -0.2) is 14.8 Å². The van der Waals surface area contributed by atoms with E-state index in [4.69, 9.17) is 5.11 Å². The van der Waals surface area contributed by atoms with E-state index in [1.807, 2.05) is 24.4 Å². The van der Waals surface area contributed by atoms with Crippen LogP contribution in [0.15, 0.2) is 17.6 Å². The summed E-state index contributed by atoms with van der Waals surface area (Å²) in [6.45, 7) is 4.43.